The van der Waals surface area contributed by atoms with Gasteiger partial charge in [0.25, 0.3) is 0 Å². The summed E-state index contributed by atoms with van der Waals surface area (Å²) < 4.78 is 1.36. The Kier molecular flexibility index (Phi) is 5.36. The van der Waals surface area contributed by atoms with E-state index in [1.165, 1.54) is 66.1 Å². The van der Waals surface area contributed by atoms with Crippen molar-refractivity contribution in [3.63, 3.8) is 0 Å². The van der Waals surface area contributed by atoms with Crippen LogP contribution in [0.25, 0.3) is 10.2 Å². The number of rotatable bonds is 3. The molecule has 0 spiro atoms. The highest BCUT2D eigenvalue weighted by atomic mass is 32.1. The first kappa shape index (κ1) is 18.4. The number of thiazole rings is 1. The summed E-state index contributed by atoms with van der Waals surface area (Å²) in [6, 6.07) is 8.25. The summed E-state index contributed by atoms with van der Waals surface area (Å²) in [5.74, 6) is 1.47. The molecular weight excluding hydrogens is 338 g/mol. The lowest BCUT2D eigenvalue weighted by Crippen LogP contribution is -2.41. The Bertz CT molecular complexity index is 745. The molecule has 0 unspecified atom stereocenters. The Labute approximate surface area is 162 Å². The summed E-state index contributed by atoms with van der Waals surface area (Å²) in [5, 5.41) is 1.36. The van der Waals surface area contributed by atoms with Crippen LogP contribution in [0.15, 0.2) is 18.2 Å². The standard InChI is InChI=1S/C22H33N3S/c1-15(2)25-14-16(3)5-7-20(25)18-6-8-21-19(13-18)23-22(26-21)17-9-11-24(4)12-10-17/h6,8,13,15-17,20H,5,7,9-12,14H2,1-4H3/t16-,20+/m0/s1. The van der Waals surface area contributed by atoms with Crippen LogP contribution in [0, 0.1) is 5.92 Å². The molecular formula is C22H33N3S. The van der Waals surface area contributed by atoms with Crippen molar-refractivity contribution in [2.75, 3.05) is 26.7 Å². The SMILES string of the molecule is CC(C)N1C[C@@H](C)CC[C@@H]1c1ccc2sc(C3CCN(C)CC3)nc2c1. The number of likely N-dealkylation sites (tertiary alicyclic amines) is 2. The number of piperidine rings is 2. The first-order valence-electron chi connectivity index (χ1n) is 10.4. The zero-order valence-electron chi connectivity index (χ0n) is 16.7. The van der Waals surface area contributed by atoms with E-state index >= 15 is 0 Å². The van der Waals surface area contributed by atoms with Crippen molar-refractivity contribution in [2.45, 2.75) is 64.5 Å². The number of fused-ring (bicyclic) bond motifs is 1. The minimum atomic E-state index is 0.559. The van der Waals surface area contributed by atoms with Crippen molar-refractivity contribution in [1.29, 1.82) is 0 Å². The van der Waals surface area contributed by atoms with Crippen molar-refractivity contribution in [3.8, 4) is 0 Å². The predicted molar refractivity (Wildman–Crippen MR) is 112 cm³/mol. The summed E-state index contributed by atoms with van der Waals surface area (Å²) in [6.45, 7) is 10.7. The highest BCUT2D eigenvalue weighted by molar-refractivity contribution is 7.18. The molecule has 0 saturated carbocycles. The molecule has 4 heteroatoms. The van der Waals surface area contributed by atoms with E-state index in [1.54, 1.807) is 0 Å². The minimum Gasteiger partial charge on any atom is -0.306 e. The van der Waals surface area contributed by atoms with Crippen LogP contribution in [0.2, 0.25) is 0 Å². The van der Waals surface area contributed by atoms with Gasteiger partial charge in [0.05, 0.1) is 15.2 Å². The second kappa shape index (κ2) is 7.57. The lowest BCUT2D eigenvalue weighted by atomic mass is 9.89. The molecule has 0 N–H and O–H groups in total. The third-order valence-electron chi connectivity index (χ3n) is 6.40. The Hall–Kier alpha value is -0.970. The molecule has 0 amide bonds. The Morgan fingerprint density at radius 1 is 1.12 bits per heavy atom. The summed E-state index contributed by atoms with van der Waals surface area (Å²) in [7, 11) is 2.23. The molecule has 1 aromatic carbocycles. The highest BCUT2D eigenvalue weighted by Gasteiger charge is 2.29. The van der Waals surface area contributed by atoms with Gasteiger partial charge in [-0.25, -0.2) is 4.98 Å². The van der Waals surface area contributed by atoms with Gasteiger partial charge in [-0.3, -0.25) is 4.90 Å². The molecule has 2 aliphatic rings. The van der Waals surface area contributed by atoms with Gasteiger partial charge in [0.2, 0.25) is 0 Å². The largest absolute Gasteiger partial charge is 0.306 e. The topological polar surface area (TPSA) is 19.4 Å². The van der Waals surface area contributed by atoms with Crippen LogP contribution in [0.3, 0.4) is 0 Å². The van der Waals surface area contributed by atoms with Gasteiger partial charge in [-0.1, -0.05) is 13.0 Å². The van der Waals surface area contributed by atoms with Gasteiger partial charge in [-0.2, -0.15) is 0 Å². The van der Waals surface area contributed by atoms with Crippen molar-refractivity contribution in [2.24, 2.45) is 5.92 Å². The highest BCUT2D eigenvalue weighted by Crippen LogP contribution is 2.38. The number of benzene rings is 1. The van der Waals surface area contributed by atoms with E-state index in [4.69, 9.17) is 4.98 Å². The van der Waals surface area contributed by atoms with Crippen LogP contribution < -0.4 is 0 Å². The smallest absolute Gasteiger partial charge is 0.0970 e. The molecule has 3 heterocycles. The number of nitrogens with zero attached hydrogens (tertiary/aromatic N) is 3. The zero-order chi connectivity index (χ0) is 18.3. The molecule has 2 aliphatic heterocycles. The molecule has 3 nitrogen and oxygen atoms in total. The lowest BCUT2D eigenvalue weighted by molar-refractivity contribution is 0.0819. The molecule has 4 rings (SSSR count). The van der Waals surface area contributed by atoms with Crippen LogP contribution in [0.1, 0.15) is 69.0 Å². The van der Waals surface area contributed by atoms with Crippen molar-refractivity contribution in [1.82, 2.24) is 14.8 Å². The Balaban J connectivity index is 1.59. The molecule has 26 heavy (non-hydrogen) atoms. The van der Waals surface area contributed by atoms with Gasteiger partial charge >= 0.3 is 0 Å². The van der Waals surface area contributed by atoms with Gasteiger partial charge < -0.3 is 4.90 Å². The van der Waals surface area contributed by atoms with E-state index in [9.17, 15) is 0 Å². The normalized spacial score (nSPS) is 26.8. The average Bonchev–Trinajstić information content (AvgIpc) is 3.05. The Morgan fingerprint density at radius 2 is 1.88 bits per heavy atom. The van der Waals surface area contributed by atoms with E-state index in [0.717, 1.165) is 5.92 Å². The molecule has 0 radical (unpaired) electrons. The van der Waals surface area contributed by atoms with Gasteiger partial charge in [0.15, 0.2) is 0 Å². The molecule has 2 atom stereocenters. The molecule has 2 fully saturated rings. The van der Waals surface area contributed by atoms with Crippen molar-refractivity contribution >= 4 is 21.6 Å². The first-order valence-corrected chi connectivity index (χ1v) is 11.2. The third-order valence-corrected chi connectivity index (χ3v) is 7.60. The fourth-order valence-electron chi connectivity index (χ4n) is 4.72. The second-order valence-electron chi connectivity index (χ2n) is 8.85. The van der Waals surface area contributed by atoms with Gasteiger partial charge in [-0.15, -0.1) is 11.3 Å². The summed E-state index contributed by atoms with van der Waals surface area (Å²) in [4.78, 5) is 10.2. The van der Waals surface area contributed by atoms with Crippen LogP contribution in [0.5, 0.6) is 0 Å². The lowest BCUT2D eigenvalue weighted by Gasteiger charge is -2.41. The van der Waals surface area contributed by atoms with Crippen LogP contribution in [-0.4, -0.2) is 47.5 Å². The molecule has 142 valence electrons. The van der Waals surface area contributed by atoms with E-state index in [1.807, 2.05) is 11.3 Å². The van der Waals surface area contributed by atoms with E-state index in [0.29, 0.717) is 18.0 Å². The molecule has 0 bridgehead atoms. The maximum Gasteiger partial charge on any atom is 0.0970 e. The van der Waals surface area contributed by atoms with E-state index in [2.05, 4.69) is 55.8 Å². The van der Waals surface area contributed by atoms with Crippen molar-refractivity contribution in [3.05, 3.63) is 28.8 Å². The van der Waals surface area contributed by atoms with Crippen LogP contribution in [0.4, 0.5) is 0 Å². The summed E-state index contributed by atoms with van der Waals surface area (Å²) in [5.41, 5.74) is 2.70. The third kappa shape index (κ3) is 3.69. The molecule has 1 aromatic heterocycles. The van der Waals surface area contributed by atoms with E-state index in [-0.39, 0.29) is 0 Å². The van der Waals surface area contributed by atoms with Gasteiger partial charge in [0, 0.05) is 24.5 Å². The molecule has 2 saturated heterocycles. The van der Waals surface area contributed by atoms with Crippen LogP contribution >= 0.6 is 11.3 Å². The first-order chi connectivity index (χ1) is 12.5. The fraction of sp³-hybridized carbons (Fsp3) is 0.682. The van der Waals surface area contributed by atoms with Gasteiger partial charge in [-0.05, 0) is 83.3 Å². The number of hydrogen-bond donors (Lipinski definition) is 0. The maximum atomic E-state index is 5.08. The quantitative estimate of drug-likeness (QED) is 0.731. The minimum absolute atomic E-state index is 0.559. The van der Waals surface area contributed by atoms with Crippen LogP contribution in [-0.2, 0) is 0 Å². The second-order valence-corrected chi connectivity index (χ2v) is 9.91. The maximum absolute atomic E-state index is 5.08. The number of hydrogen-bond acceptors (Lipinski definition) is 4. The Morgan fingerprint density at radius 3 is 2.62 bits per heavy atom. The van der Waals surface area contributed by atoms with Gasteiger partial charge in [0.1, 0.15) is 0 Å². The average molecular weight is 372 g/mol. The monoisotopic (exact) mass is 371 g/mol. The zero-order valence-corrected chi connectivity index (χ0v) is 17.6. The predicted octanol–water partition coefficient (Wildman–Crippen LogP) is 5.29. The fourth-order valence-corrected chi connectivity index (χ4v) is 5.83. The molecule has 0 aliphatic carbocycles. The summed E-state index contributed by atoms with van der Waals surface area (Å²) in [6.07, 6.45) is 5.12. The summed E-state index contributed by atoms with van der Waals surface area (Å²) >= 11 is 1.92. The van der Waals surface area contributed by atoms with Crippen molar-refractivity contribution < 1.29 is 0 Å². The van der Waals surface area contributed by atoms with E-state index < -0.39 is 0 Å². The molecule has 2 aromatic rings. The number of aromatic nitrogens is 1.